The molecule has 1 heterocycles. The van der Waals surface area contributed by atoms with Crippen molar-refractivity contribution in [3.05, 3.63) is 17.6 Å². The van der Waals surface area contributed by atoms with E-state index in [1.165, 1.54) is 19.3 Å². The Hall–Kier alpha value is -1.16. The molecule has 1 aliphatic rings. The maximum absolute atomic E-state index is 9.00. The molecule has 0 spiro atoms. The molecule has 0 aliphatic heterocycles. The van der Waals surface area contributed by atoms with Crippen LogP contribution in [-0.2, 0) is 0 Å². The van der Waals surface area contributed by atoms with Gasteiger partial charge in [-0.1, -0.05) is 0 Å². The molecule has 0 saturated heterocycles. The van der Waals surface area contributed by atoms with Crippen molar-refractivity contribution in [2.24, 2.45) is 0 Å². The van der Waals surface area contributed by atoms with Gasteiger partial charge in [-0.25, -0.2) is 4.98 Å². The van der Waals surface area contributed by atoms with Crippen molar-refractivity contribution in [2.75, 3.05) is 18.1 Å². The Balaban J connectivity index is 2.20. The summed E-state index contributed by atoms with van der Waals surface area (Å²) in [5.74, 6) is 1.00. The molecular formula is C13H21N3O. The minimum atomic E-state index is 0.238. The fraction of sp³-hybridized carbons (Fsp3) is 0.692. The normalized spacial score (nSPS) is 15.7. The zero-order valence-corrected chi connectivity index (χ0v) is 10.7. The van der Waals surface area contributed by atoms with E-state index in [1.54, 1.807) is 0 Å². The molecule has 1 aromatic heterocycles. The van der Waals surface area contributed by atoms with Crippen LogP contribution >= 0.6 is 0 Å². The molecule has 0 bridgehead atoms. The van der Waals surface area contributed by atoms with Crippen LogP contribution in [0.4, 0.5) is 5.82 Å². The van der Waals surface area contributed by atoms with E-state index >= 15 is 0 Å². The summed E-state index contributed by atoms with van der Waals surface area (Å²) in [5.41, 5.74) is 1.94. The van der Waals surface area contributed by atoms with Crippen LogP contribution in [0.2, 0.25) is 0 Å². The van der Waals surface area contributed by atoms with E-state index in [-0.39, 0.29) is 6.61 Å². The zero-order valence-electron chi connectivity index (χ0n) is 10.7. The minimum Gasteiger partial charge on any atom is -0.396 e. The Labute approximate surface area is 103 Å². The van der Waals surface area contributed by atoms with E-state index in [1.807, 2.05) is 20.0 Å². The molecule has 2 rings (SSSR count). The first-order chi connectivity index (χ1) is 8.22. The zero-order chi connectivity index (χ0) is 12.3. The predicted molar refractivity (Wildman–Crippen MR) is 68.2 cm³/mol. The van der Waals surface area contributed by atoms with Gasteiger partial charge in [0.1, 0.15) is 0 Å². The summed E-state index contributed by atoms with van der Waals surface area (Å²) < 4.78 is 0. The third kappa shape index (κ3) is 2.75. The summed E-state index contributed by atoms with van der Waals surface area (Å²) in [6.07, 6.45) is 6.38. The third-order valence-corrected chi connectivity index (χ3v) is 3.40. The standard InChI is InChI=1S/C13H21N3O/c1-10-9-14-11(2)13(15-10)16(7-4-8-17)12-5-3-6-12/h9,12,17H,3-8H2,1-2H3. The molecule has 0 aromatic carbocycles. The molecule has 1 aliphatic carbocycles. The number of hydrogen-bond acceptors (Lipinski definition) is 4. The van der Waals surface area contributed by atoms with E-state index in [2.05, 4.69) is 14.9 Å². The Morgan fingerprint density at radius 3 is 2.76 bits per heavy atom. The van der Waals surface area contributed by atoms with Gasteiger partial charge in [0.05, 0.1) is 11.4 Å². The van der Waals surface area contributed by atoms with Crippen LogP contribution < -0.4 is 4.90 Å². The second-order valence-electron chi connectivity index (χ2n) is 4.78. The fourth-order valence-electron chi connectivity index (χ4n) is 2.20. The SMILES string of the molecule is Cc1cnc(C)c(N(CCCO)C2CCC2)n1. The van der Waals surface area contributed by atoms with Crippen molar-refractivity contribution in [1.82, 2.24) is 9.97 Å². The van der Waals surface area contributed by atoms with Crippen LogP contribution in [0.1, 0.15) is 37.1 Å². The quantitative estimate of drug-likeness (QED) is 0.846. The number of aliphatic hydroxyl groups is 1. The number of aliphatic hydroxyl groups excluding tert-OH is 1. The predicted octanol–water partition coefficient (Wildman–Crippen LogP) is 1.83. The first-order valence-electron chi connectivity index (χ1n) is 6.40. The van der Waals surface area contributed by atoms with E-state index in [4.69, 9.17) is 5.11 Å². The summed E-state index contributed by atoms with van der Waals surface area (Å²) in [5, 5.41) is 9.00. The lowest BCUT2D eigenvalue weighted by atomic mass is 9.91. The summed E-state index contributed by atoms with van der Waals surface area (Å²) in [6, 6.07) is 0.594. The molecule has 1 N–H and O–H groups in total. The second-order valence-corrected chi connectivity index (χ2v) is 4.78. The van der Waals surface area contributed by atoms with Crippen molar-refractivity contribution >= 4 is 5.82 Å². The lowest BCUT2D eigenvalue weighted by Gasteiger charge is -2.39. The van der Waals surface area contributed by atoms with Gasteiger partial charge in [0, 0.05) is 25.4 Å². The highest BCUT2D eigenvalue weighted by Crippen LogP contribution is 2.29. The van der Waals surface area contributed by atoms with Gasteiger partial charge in [-0.2, -0.15) is 0 Å². The first kappa shape index (κ1) is 12.3. The van der Waals surface area contributed by atoms with Crippen LogP contribution in [0.3, 0.4) is 0 Å². The molecular weight excluding hydrogens is 214 g/mol. The average molecular weight is 235 g/mol. The lowest BCUT2D eigenvalue weighted by molar-refractivity contribution is 0.282. The third-order valence-electron chi connectivity index (χ3n) is 3.40. The van der Waals surface area contributed by atoms with Crippen LogP contribution in [0.5, 0.6) is 0 Å². The Morgan fingerprint density at radius 1 is 1.41 bits per heavy atom. The van der Waals surface area contributed by atoms with Gasteiger partial charge >= 0.3 is 0 Å². The molecule has 0 amide bonds. The molecule has 0 atom stereocenters. The average Bonchev–Trinajstić information content (AvgIpc) is 2.25. The van der Waals surface area contributed by atoms with Gasteiger partial charge in [-0.3, -0.25) is 4.98 Å². The number of anilines is 1. The molecule has 0 unspecified atom stereocenters. The van der Waals surface area contributed by atoms with Crippen molar-refractivity contribution in [3.63, 3.8) is 0 Å². The molecule has 1 saturated carbocycles. The highest BCUT2D eigenvalue weighted by molar-refractivity contribution is 5.44. The van der Waals surface area contributed by atoms with E-state index in [9.17, 15) is 0 Å². The molecule has 17 heavy (non-hydrogen) atoms. The van der Waals surface area contributed by atoms with Crippen LogP contribution in [0.15, 0.2) is 6.20 Å². The Bertz CT molecular complexity index is 377. The number of aryl methyl sites for hydroxylation is 2. The van der Waals surface area contributed by atoms with Crippen LogP contribution in [0, 0.1) is 13.8 Å². The monoisotopic (exact) mass is 235 g/mol. The van der Waals surface area contributed by atoms with Crippen LogP contribution in [0.25, 0.3) is 0 Å². The summed E-state index contributed by atoms with van der Waals surface area (Å²) in [4.78, 5) is 11.3. The van der Waals surface area contributed by atoms with Crippen molar-refractivity contribution in [2.45, 2.75) is 45.6 Å². The van der Waals surface area contributed by atoms with Gasteiger partial charge in [0.25, 0.3) is 0 Å². The Kier molecular flexibility index (Phi) is 3.94. The number of hydrogen-bond donors (Lipinski definition) is 1. The van der Waals surface area contributed by atoms with E-state index in [0.717, 1.165) is 30.2 Å². The second kappa shape index (κ2) is 5.45. The van der Waals surface area contributed by atoms with Crippen molar-refractivity contribution in [3.8, 4) is 0 Å². The number of nitrogens with zero attached hydrogens (tertiary/aromatic N) is 3. The Morgan fingerprint density at radius 2 is 2.18 bits per heavy atom. The smallest absolute Gasteiger partial charge is 0.150 e. The summed E-state index contributed by atoms with van der Waals surface area (Å²) in [6.45, 7) is 5.09. The highest BCUT2D eigenvalue weighted by atomic mass is 16.3. The molecule has 1 aromatic rings. The summed E-state index contributed by atoms with van der Waals surface area (Å²) in [7, 11) is 0. The van der Waals surface area contributed by atoms with E-state index < -0.39 is 0 Å². The highest BCUT2D eigenvalue weighted by Gasteiger charge is 2.26. The van der Waals surface area contributed by atoms with Crippen LogP contribution in [-0.4, -0.2) is 34.3 Å². The van der Waals surface area contributed by atoms with Gasteiger partial charge in [-0.05, 0) is 39.5 Å². The van der Waals surface area contributed by atoms with Gasteiger partial charge < -0.3 is 10.0 Å². The van der Waals surface area contributed by atoms with Gasteiger partial charge in [0.15, 0.2) is 5.82 Å². The summed E-state index contributed by atoms with van der Waals surface area (Å²) >= 11 is 0. The van der Waals surface area contributed by atoms with Gasteiger partial charge in [-0.15, -0.1) is 0 Å². The first-order valence-corrected chi connectivity index (χ1v) is 6.40. The molecule has 4 nitrogen and oxygen atoms in total. The molecule has 4 heteroatoms. The molecule has 94 valence electrons. The van der Waals surface area contributed by atoms with Crippen molar-refractivity contribution < 1.29 is 5.11 Å². The maximum atomic E-state index is 9.00. The minimum absolute atomic E-state index is 0.238. The van der Waals surface area contributed by atoms with Gasteiger partial charge in [0.2, 0.25) is 0 Å². The van der Waals surface area contributed by atoms with Crippen molar-refractivity contribution in [1.29, 1.82) is 0 Å². The fourth-order valence-corrected chi connectivity index (χ4v) is 2.20. The number of aromatic nitrogens is 2. The largest absolute Gasteiger partial charge is 0.396 e. The lowest BCUT2D eigenvalue weighted by Crippen LogP contribution is -2.42. The maximum Gasteiger partial charge on any atom is 0.150 e. The topological polar surface area (TPSA) is 49.2 Å². The molecule has 1 fully saturated rings. The van der Waals surface area contributed by atoms with E-state index in [0.29, 0.717) is 6.04 Å². The molecule has 0 radical (unpaired) electrons. The number of rotatable bonds is 5.